The molecule has 25 heavy (non-hydrogen) atoms. The number of benzene rings is 2. The Morgan fingerprint density at radius 1 is 1.16 bits per heavy atom. The number of hydrazone groups is 1. The maximum absolute atomic E-state index is 12.4. The van der Waals surface area contributed by atoms with Gasteiger partial charge in [0.25, 0.3) is 5.56 Å². The summed E-state index contributed by atoms with van der Waals surface area (Å²) in [4.78, 5) is 12.4. The molecule has 7 heteroatoms. The van der Waals surface area contributed by atoms with Gasteiger partial charge in [0.15, 0.2) is 0 Å². The van der Waals surface area contributed by atoms with E-state index in [2.05, 4.69) is 31.6 Å². The summed E-state index contributed by atoms with van der Waals surface area (Å²) in [7, 11) is 1.62. The molecule has 2 aromatic carbocycles. The molecule has 0 aliphatic carbocycles. The topological polar surface area (TPSA) is 68.5 Å². The third-order valence-corrected chi connectivity index (χ3v) is 4.20. The van der Waals surface area contributed by atoms with Gasteiger partial charge >= 0.3 is 0 Å². The van der Waals surface area contributed by atoms with Crippen molar-refractivity contribution in [2.75, 3.05) is 12.5 Å². The van der Waals surface area contributed by atoms with Crippen molar-refractivity contribution >= 4 is 27.8 Å². The Hall–Kier alpha value is -2.93. The fourth-order valence-electron chi connectivity index (χ4n) is 2.13. The normalized spacial score (nSPS) is 10.8. The van der Waals surface area contributed by atoms with E-state index >= 15 is 0 Å². The van der Waals surface area contributed by atoms with Crippen LogP contribution in [0.1, 0.15) is 5.56 Å². The molecule has 1 N–H and O–H groups in total. The molecule has 0 unspecified atom stereocenters. The van der Waals surface area contributed by atoms with Gasteiger partial charge in [-0.05, 0) is 57.9 Å². The summed E-state index contributed by atoms with van der Waals surface area (Å²) in [5.41, 5.74) is 4.64. The molecule has 0 saturated carbocycles. The standard InChI is InChI=1S/C18H15BrN4O2/c1-25-15-9-7-13(8-10-15)11-20-22-16-12-21-23(18(24)17(16)19)14-5-3-2-4-6-14/h2-12,22H,1H3/b20-11-. The van der Waals surface area contributed by atoms with E-state index in [0.717, 1.165) is 11.3 Å². The van der Waals surface area contributed by atoms with Crippen molar-refractivity contribution in [2.45, 2.75) is 0 Å². The third-order valence-electron chi connectivity index (χ3n) is 3.43. The number of nitrogens with zero attached hydrogens (tertiary/aromatic N) is 3. The van der Waals surface area contributed by atoms with Crippen LogP contribution in [0.25, 0.3) is 5.69 Å². The van der Waals surface area contributed by atoms with Crippen LogP contribution in [0.5, 0.6) is 5.75 Å². The highest BCUT2D eigenvalue weighted by atomic mass is 79.9. The fourth-order valence-corrected chi connectivity index (χ4v) is 2.49. The number of hydrogen-bond acceptors (Lipinski definition) is 5. The van der Waals surface area contributed by atoms with Gasteiger partial charge < -0.3 is 4.74 Å². The van der Waals surface area contributed by atoms with Crippen LogP contribution in [0.15, 0.2) is 75.2 Å². The molecule has 6 nitrogen and oxygen atoms in total. The molecule has 0 aliphatic rings. The molecule has 1 aromatic heterocycles. The van der Waals surface area contributed by atoms with Crippen molar-refractivity contribution in [3.63, 3.8) is 0 Å². The largest absolute Gasteiger partial charge is 0.497 e. The monoisotopic (exact) mass is 398 g/mol. The minimum Gasteiger partial charge on any atom is -0.497 e. The van der Waals surface area contributed by atoms with Gasteiger partial charge in [-0.2, -0.15) is 14.9 Å². The van der Waals surface area contributed by atoms with Crippen LogP contribution in [0.2, 0.25) is 0 Å². The lowest BCUT2D eigenvalue weighted by Gasteiger charge is -2.07. The zero-order chi connectivity index (χ0) is 17.6. The summed E-state index contributed by atoms with van der Waals surface area (Å²) in [6, 6.07) is 16.7. The van der Waals surface area contributed by atoms with E-state index < -0.39 is 0 Å². The SMILES string of the molecule is COc1ccc(/C=N\Nc2cnn(-c3ccccc3)c(=O)c2Br)cc1. The Morgan fingerprint density at radius 2 is 1.88 bits per heavy atom. The van der Waals surface area contributed by atoms with Crippen molar-refractivity contribution < 1.29 is 4.74 Å². The van der Waals surface area contributed by atoms with Crippen LogP contribution in [-0.2, 0) is 0 Å². The Labute approximate surface area is 152 Å². The van der Waals surface area contributed by atoms with E-state index in [1.54, 1.807) is 19.5 Å². The summed E-state index contributed by atoms with van der Waals surface area (Å²) in [5.74, 6) is 0.779. The number of halogens is 1. The van der Waals surface area contributed by atoms with Gasteiger partial charge in [0.1, 0.15) is 10.2 Å². The summed E-state index contributed by atoms with van der Waals surface area (Å²) in [5, 5.41) is 8.32. The van der Waals surface area contributed by atoms with Crippen LogP contribution in [0.3, 0.4) is 0 Å². The van der Waals surface area contributed by atoms with Crippen LogP contribution >= 0.6 is 15.9 Å². The number of hydrogen-bond donors (Lipinski definition) is 1. The van der Waals surface area contributed by atoms with Gasteiger partial charge in [-0.25, -0.2) is 0 Å². The van der Waals surface area contributed by atoms with E-state index in [1.807, 2.05) is 54.6 Å². The van der Waals surface area contributed by atoms with E-state index in [-0.39, 0.29) is 5.56 Å². The van der Waals surface area contributed by atoms with Gasteiger partial charge in [0, 0.05) is 0 Å². The van der Waals surface area contributed by atoms with E-state index in [4.69, 9.17) is 4.74 Å². The molecule has 0 radical (unpaired) electrons. The molecule has 3 rings (SSSR count). The lowest BCUT2D eigenvalue weighted by molar-refractivity contribution is 0.415. The number of para-hydroxylation sites is 1. The Balaban J connectivity index is 1.78. The predicted octanol–water partition coefficient (Wildman–Crippen LogP) is 3.45. The van der Waals surface area contributed by atoms with Gasteiger partial charge in [0.2, 0.25) is 0 Å². The lowest BCUT2D eigenvalue weighted by Crippen LogP contribution is -2.22. The van der Waals surface area contributed by atoms with E-state index in [9.17, 15) is 4.79 Å². The molecule has 0 bridgehead atoms. The maximum atomic E-state index is 12.4. The van der Waals surface area contributed by atoms with Gasteiger partial charge in [-0.3, -0.25) is 10.2 Å². The lowest BCUT2D eigenvalue weighted by atomic mass is 10.2. The first kappa shape index (κ1) is 16.9. The van der Waals surface area contributed by atoms with Gasteiger partial charge in [-0.1, -0.05) is 18.2 Å². The van der Waals surface area contributed by atoms with Crippen molar-refractivity contribution in [1.82, 2.24) is 9.78 Å². The van der Waals surface area contributed by atoms with Crippen molar-refractivity contribution in [1.29, 1.82) is 0 Å². The quantitative estimate of drug-likeness (QED) is 0.527. The minimum atomic E-state index is -0.268. The fraction of sp³-hybridized carbons (Fsp3) is 0.0556. The van der Waals surface area contributed by atoms with Crippen molar-refractivity contribution in [2.24, 2.45) is 5.10 Å². The van der Waals surface area contributed by atoms with E-state index in [0.29, 0.717) is 15.8 Å². The molecule has 0 amide bonds. The molecule has 0 aliphatic heterocycles. The summed E-state index contributed by atoms with van der Waals surface area (Å²) < 4.78 is 6.79. The first-order chi connectivity index (χ1) is 12.2. The molecular formula is C18H15BrN4O2. The smallest absolute Gasteiger partial charge is 0.287 e. The number of anilines is 1. The predicted molar refractivity (Wildman–Crippen MR) is 102 cm³/mol. The number of ether oxygens (including phenoxy) is 1. The zero-order valence-corrected chi connectivity index (χ0v) is 15.0. The zero-order valence-electron chi connectivity index (χ0n) is 13.4. The van der Waals surface area contributed by atoms with Gasteiger partial charge in [0.05, 0.1) is 30.9 Å². The highest BCUT2D eigenvalue weighted by Gasteiger charge is 2.09. The molecule has 0 spiro atoms. The first-order valence-electron chi connectivity index (χ1n) is 7.45. The van der Waals surface area contributed by atoms with Crippen LogP contribution in [0.4, 0.5) is 5.69 Å². The summed E-state index contributed by atoms with van der Waals surface area (Å²) in [6.45, 7) is 0. The molecule has 126 valence electrons. The third kappa shape index (κ3) is 3.95. The average Bonchev–Trinajstić information content (AvgIpc) is 2.66. The van der Waals surface area contributed by atoms with Crippen molar-refractivity contribution in [3.8, 4) is 11.4 Å². The second-order valence-electron chi connectivity index (χ2n) is 5.07. The number of methoxy groups -OCH3 is 1. The Bertz CT molecular complexity index is 938. The highest BCUT2D eigenvalue weighted by Crippen LogP contribution is 2.17. The average molecular weight is 399 g/mol. The molecule has 0 fully saturated rings. The van der Waals surface area contributed by atoms with Crippen LogP contribution in [0, 0.1) is 0 Å². The number of nitrogens with one attached hydrogen (secondary N) is 1. The van der Waals surface area contributed by atoms with Crippen molar-refractivity contribution in [3.05, 3.63) is 81.2 Å². The highest BCUT2D eigenvalue weighted by molar-refractivity contribution is 9.10. The van der Waals surface area contributed by atoms with Crippen LogP contribution < -0.4 is 15.7 Å². The second-order valence-corrected chi connectivity index (χ2v) is 5.86. The van der Waals surface area contributed by atoms with Gasteiger partial charge in [-0.15, -0.1) is 0 Å². The number of rotatable bonds is 5. The second kappa shape index (κ2) is 7.76. The summed E-state index contributed by atoms with van der Waals surface area (Å²) >= 11 is 3.31. The molecular weight excluding hydrogens is 384 g/mol. The van der Waals surface area contributed by atoms with Crippen LogP contribution in [-0.4, -0.2) is 23.1 Å². The molecule has 3 aromatic rings. The van der Waals surface area contributed by atoms with E-state index in [1.165, 1.54) is 4.68 Å². The molecule has 0 saturated heterocycles. The molecule has 0 atom stereocenters. The molecule has 1 heterocycles. The minimum absolute atomic E-state index is 0.268. The Morgan fingerprint density at radius 3 is 2.56 bits per heavy atom. The Kier molecular flexibility index (Phi) is 5.25. The maximum Gasteiger partial charge on any atom is 0.287 e. The number of aromatic nitrogens is 2. The first-order valence-corrected chi connectivity index (χ1v) is 8.25. The summed E-state index contributed by atoms with van der Waals surface area (Å²) in [6.07, 6.45) is 3.19.